The molecule has 0 aliphatic heterocycles. The minimum Gasteiger partial charge on any atom is -0.290 e. The van der Waals surface area contributed by atoms with Gasteiger partial charge in [-0.05, 0) is 24.5 Å². The highest BCUT2D eigenvalue weighted by Crippen LogP contribution is 2.39. The summed E-state index contributed by atoms with van der Waals surface area (Å²) in [7, 11) is 0. The smallest absolute Gasteiger partial charge is 0.208 e. The van der Waals surface area contributed by atoms with E-state index in [1.54, 1.807) is 6.20 Å². The number of halogens is 2. The van der Waals surface area contributed by atoms with E-state index in [0.29, 0.717) is 5.69 Å². The number of pyridine rings is 1. The largest absolute Gasteiger partial charge is 0.290 e. The zero-order chi connectivity index (χ0) is 9.47. The Balaban J connectivity index is 2.52. The number of hydrogen-bond donors (Lipinski definition) is 0. The van der Waals surface area contributed by atoms with Crippen LogP contribution in [0.15, 0.2) is 18.3 Å². The second-order valence-corrected chi connectivity index (χ2v) is 6.82. The van der Waals surface area contributed by atoms with Gasteiger partial charge in [0.15, 0.2) is 0 Å². The topological polar surface area (TPSA) is 30.0 Å². The summed E-state index contributed by atoms with van der Waals surface area (Å²) < 4.78 is -0.596. The van der Waals surface area contributed by atoms with Gasteiger partial charge in [-0.2, -0.15) is 0 Å². The van der Waals surface area contributed by atoms with Crippen molar-refractivity contribution in [1.82, 2.24) is 4.98 Å². The highest BCUT2D eigenvalue weighted by atomic mass is 79.9. The molecule has 0 fully saturated rings. The van der Waals surface area contributed by atoms with Crippen LogP contribution in [0.3, 0.4) is 0 Å². The Morgan fingerprint density at radius 2 is 2.23 bits per heavy atom. The minimum absolute atomic E-state index is 0.0225. The monoisotopic (exact) mass is 303 g/mol. The molecule has 0 unspecified atom stereocenters. The van der Waals surface area contributed by atoms with Gasteiger partial charge in [0.05, 0.1) is 0 Å². The second kappa shape index (κ2) is 3.17. The van der Waals surface area contributed by atoms with Gasteiger partial charge in [-0.15, -0.1) is 0 Å². The van der Waals surface area contributed by atoms with E-state index >= 15 is 0 Å². The van der Waals surface area contributed by atoms with Gasteiger partial charge in [0.25, 0.3) is 0 Å². The lowest BCUT2D eigenvalue weighted by molar-refractivity contribution is 0.0967. The molecule has 68 valence electrons. The van der Waals surface area contributed by atoms with Gasteiger partial charge in [-0.1, -0.05) is 37.9 Å². The van der Waals surface area contributed by atoms with E-state index in [1.807, 2.05) is 12.1 Å². The van der Waals surface area contributed by atoms with Crippen molar-refractivity contribution in [1.29, 1.82) is 0 Å². The molecule has 0 N–H and O–H groups in total. The molecule has 1 aromatic rings. The second-order valence-electron chi connectivity index (χ2n) is 3.04. The summed E-state index contributed by atoms with van der Waals surface area (Å²) >= 11 is 6.71. The Kier molecular flexibility index (Phi) is 2.28. The van der Waals surface area contributed by atoms with Crippen molar-refractivity contribution in [2.24, 2.45) is 0 Å². The number of hydrogen-bond acceptors (Lipinski definition) is 2. The molecule has 4 heteroatoms. The summed E-state index contributed by atoms with van der Waals surface area (Å²) in [5, 5.41) is 0. The number of fused-ring (bicyclic) bond motifs is 1. The standard InChI is InChI=1S/C9H7Br2NO/c10-9(11)4-3-6-2-1-5-12-7(6)8(9)13/h1-2,5H,3-4H2. The Bertz CT molecular complexity index is 362. The molecule has 0 amide bonds. The van der Waals surface area contributed by atoms with E-state index in [2.05, 4.69) is 36.8 Å². The summed E-state index contributed by atoms with van der Waals surface area (Å²) in [6, 6.07) is 3.82. The third-order valence-corrected chi connectivity index (χ3v) is 3.66. The number of carbonyl (C=O) groups excluding carboxylic acids is 1. The van der Waals surface area contributed by atoms with E-state index in [4.69, 9.17) is 0 Å². The van der Waals surface area contributed by atoms with Gasteiger partial charge >= 0.3 is 0 Å². The molecular weight excluding hydrogens is 298 g/mol. The lowest BCUT2D eigenvalue weighted by Crippen LogP contribution is -2.31. The predicted molar refractivity (Wildman–Crippen MR) is 57.5 cm³/mol. The van der Waals surface area contributed by atoms with E-state index in [-0.39, 0.29) is 5.78 Å². The molecule has 1 heterocycles. The van der Waals surface area contributed by atoms with Crippen LogP contribution in [0.2, 0.25) is 0 Å². The van der Waals surface area contributed by atoms with Crippen LogP contribution in [-0.4, -0.2) is 14.0 Å². The van der Waals surface area contributed by atoms with Gasteiger partial charge in [0.2, 0.25) is 5.78 Å². The maximum absolute atomic E-state index is 11.8. The summed E-state index contributed by atoms with van der Waals surface area (Å²) in [5.41, 5.74) is 1.63. The van der Waals surface area contributed by atoms with Crippen LogP contribution in [0.1, 0.15) is 22.5 Å². The fraction of sp³-hybridized carbons (Fsp3) is 0.333. The molecule has 2 rings (SSSR count). The minimum atomic E-state index is -0.596. The fourth-order valence-corrected chi connectivity index (χ4v) is 2.20. The number of Topliss-reactive ketones (excluding diaryl/α,β-unsaturated/α-hetero) is 1. The molecule has 1 aromatic heterocycles. The van der Waals surface area contributed by atoms with Crippen LogP contribution >= 0.6 is 31.9 Å². The SMILES string of the molecule is O=C1c2ncccc2CCC1(Br)Br. The Morgan fingerprint density at radius 3 is 3.00 bits per heavy atom. The highest BCUT2D eigenvalue weighted by Gasteiger charge is 2.38. The molecule has 2 nitrogen and oxygen atoms in total. The molecule has 0 aromatic carbocycles. The number of rotatable bonds is 0. The molecular formula is C9H7Br2NO. The van der Waals surface area contributed by atoms with Crippen LogP contribution in [0.25, 0.3) is 0 Å². The number of aryl methyl sites for hydroxylation is 1. The summed E-state index contributed by atoms with van der Waals surface area (Å²) in [4.78, 5) is 15.9. The molecule has 1 aliphatic rings. The number of carbonyl (C=O) groups is 1. The molecule has 1 aliphatic carbocycles. The van der Waals surface area contributed by atoms with Gasteiger partial charge in [0.1, 0.15) is 8.93 Å². The van der Waals surface area contributed by atoms with Gasteiger partial charge in [0, 0.05) is 6.20 Å². The van der Waals surface area contributed by atoms with E-state index in [9.17, 15) is 4.79 Å². The first-order valence-corrected chi connectivity index (χ1v) is 5.56. The van der Waals surface area contributed by atoms with Gasteiger partial charge in [-0.25, -0.2) is 0 Å². The first kappa shape index (κ1) is 9.34. The number of alkyl halides is 2. The third kappa shape index (κ3) is 1.57. The quantitative estimate of drug-likeness (QED) is 0.690. The van der Waals surface area contributed by atoms with Crippen LogP contribution in [0, 0.1) is 0 Å². The molecule has 0 saturated carbocycles. The lowest BCUT2D eigenvalue weighted by Gasteiger charge is -2.24. The van der Waals surface area contributed by atoms with Crippen molar-refractivity contribution in [3.05, 3.63) is 29.6 Å². The lowest BCUT2D eigenvalue weighted by atomic mass is 9.95. The van der Waals surface area contributed by atoms with E-state index in [1.165, 1.54) is 0 Å². The third-order valence-electron chi connectivity index (χ3n) is 2.15. The Labute approximate surface area is 93.0 Å². The molecule has 0 atom stereocenters. The first-order valence-electron chi connectivity index (χ1n) is 3.98. The maximum atomic E-state index is 11.8. The molecule has 0 spiro atoms. The molecule has 0 radical (unpaired) electrons. The maximum Gasteiger partial charge on any atom is 0.208 e. The number of ketones is 1. The fourth-order valence-electron chi connectivity index (χ4n) is 1.42. The van der Waals surface area contributed by atoms with Crippen LogP contribution in [0.4, 0.5) is 0 Å². The van der Waals surface area contributed by atoms with Crippen molar-refractivity contribution < 1.29 is 4.79 Å². The van der Waals surface area contributed by atoms with Gasteiger partial charge < -0.3 is 0 Å². The summed E-state index contributed by atoms with van der Waals surface area (Å²) in [5.74, 6) is 0.0225. The zero-order valence-electron chi connectivity index (χ0n) is 6.76. The zero-order valence-corrected chi connectivity index (χ0v) is 9.93. The first-order chi connectivity index (χ1) is 6.11. The van der Waals surface area contributed by atoms with E-state index in [0.717, 1.165) is 18.4 Å². The normalized spacial score (nSPS) is 19.7. The van der Waals surface area contributed by atoms with Crippen LogP contribution in [-0.2, 0) is 6.42 Å². The number of nitrogens with zero attached hydrogens (tertiary/aromatic N) is 1. The summed E-state index contributed by atoms with van der Waals surface area (Å²) in [6.45, 7) is 0. The van der Waals surface area contributed by atoms with Gasteiger partial charge in [-0.3, -0.25) is 9.78 Å². The van der Waals surface area contributed by atoms with Crippen LogP contribution in [0.5, 0.6) is 0 Å². The van der Waals surface area contributed by atoms with E-state index < -0.39 is 3.23 Å². The van der Waals surface area contributed by atoms with Crippen molar-refractivity contribution in [3.63, 3.8) is 0 Å². The van der Waals surface area contributed by atoms with Crippen molar-refractivity contribution in [2.75, 3.05) is 0 Å². The molecule has 0 saturated heterocycles. The number of aromatic nitrogens is 1. The van der Waals surface area contributed by atoms with Crippen molar-refractivity contribution >= 4 is 37.6 Å². The van der Waals surface area contributed by atoms with Crippen molar-refractivity contribution in [2.45, 2.75) is 16.1 Å². The Morgan fingerprint density at radius 1 is 1.46 bits per heavy atom. The predicted octanol–water partition coefficient (Wildman–Crippen LogP) is 2.70. The summed E-state index contributed by atoms with van der Waals surface area (Å²) in [6.07, 6.45) is 3.30. The Hall–Kier alpha value is -0.220. The van der Waals surface area contributed by atoms with Crippen LogP contribution < -0.4 is 0 Å². The van der Waals surface area contributed by atoms with Crippen molar-refractivity contribution in [3.8, 4) is 0 Å². The highest BCUT2D eigenvalue weighted by molar-refractivity contribution is 9.25. The average molecular weight is 305 g/mol. The average Bonchev–Trinajstić information content (AvgIpc) is 2.13. The molecule has 0 bridgehead atoms. The molecule has 13 heavy (non-hydrogen) atoms.